The van der Waals surface area contributed by atoms with E-state index >= 15 is 0 Å². The van der Waals surface area contributed by atoms with Crippen molar-refractivity contribution in [3.05, 3.63) is 0 Å². The van der Waals surface area contributed by atoms with E-state index in [-0.39, 0.29) is 36.1 Å². The molecule has 0 unspecified atom stereocenters. The molecule has 6 heteroatoms. The van der Waals surface area contributed by atoms with Gasteiger partial charge in [-0.3, -0.25) is 0 Å². The Hall–Kier alpha value is 0.160. The number of ether oxygens (including phenoxy) is 1. The van der Waals surface area contributed by atoms with Crippen molar-refractivity contribution in [1.82, 2.24) is 5.32 Å². The molecule has 2 heterocycles. The number of halogens is 1. The number of fused-ring (bicyclic) bond motifs is 1. The minimum absolute atomic E-state index is 0. The molecule has 2 rings (SSSR count). The van der Waals surface area contributed by atoms with Gasteiger partial charge in [0, 0.05) is 12.6 Å². The largest absolute Gasteiger partial charge is 0.374 e. The van der Waals surface area contributed by atoms with Crippen LogP contribution in [-0.2, 0) is 14.6 Å². The molecule has 0 aromatic rings. The standard InChI is InChI=1S/C6H11NO3S.ClH/c8-11(9)3-5-6(4-11)10-2-1-7-5;/h5-7H,1-4H2;1H/t5-,6-;/m0./s1. The van der Waals surface area contributed by atoms with Crippen molar-refractivity contribution in [1.29, 1.82) is 0 Å². The summed E-state index contributed by atoms with van der Waals surface area (Å²) in [6, 6.07) is 0.0498. The summed E-state index contributed by atoms with van der Waals surface area (Å²) >= 11 is 0. The summed E-state index contributed by atoms with van der Waals surface area (Å²) < 4.78 is 27.4. The molecular formula is C6H12ClNO3S. The fraction of sp³-hybridized carbons (Fsp3) is 1.00. The van der Waals surface area contributed by atoms with Gasteiger partial charge in [-0.15, -0.1) is 12.4 Å². The summed E-state index contributed by atoms with van der Waals surface area (Å²) in [5, 5.41) is 3.13. The van der Waals surface area contributed by atoms with Crippen LogP contribution in [0.3, 0.4) is 0 Å². The van der Waals surface area contributed by atoms with Crippen molar-refractivity contribution in [2.45, 2.75) is 12.1 Å². The van der Waals surface area contributed by atoms with Crippen LogP contribution in [0.25, 0.3) is 0 Å². The summed E-state index contributed by atoms with van der Waals surface area (Å²) in [5.74, 6) is 0.447. The zero-order valence-corrected chi connectivity index (χ0v) is 8.16. The van der Waals surface area contributed by atoms with Crippen LogP contribution in [0.1, 0.15) is 0 Å². The molecule has 0 radical (unpaired) electrons. The van der Waals surface area contributed by atoms with Crippen molar-refractivity contribution in [2.24, 2.45) is 0 Å². The van der Waals surface area contributed by atoms with E-state index in [2.05, 4.69) is 5.32 Å². The molecule has 4 nitrogen and oxygen atoms in total. The molecule has 2 atom stereocenters. The highest BCUT2D eigenvalue weighted by Crippen LogP contribution is 2.17. The van der Waals surface area contributed by atoms with Gasteiger partial charge in [-0.1, -0.05) is 0 Å². The van der Waals surface area contributed by atoms with E-state index in [1.165, 1.54) is 0 Å². The van der Waals surface area contributed by atoms with Crippen molar-refractivity contribution >= 4 is 22.2 Å². The van der Waals surface area contributed by atoms with E-state index in [1.807, 2.05) is 0 Å². The molecule has 0 spiro atoms. The molecule has 0 aromatic heterocycles. The number of nitrogens with one attached hydrogen (secondary N) is 1. The van der Waals surface area contributed by atoms with Crippen LogP contribution in [0, 0.1) is 0 Å². The van der Waals surface area contributed by atoms with Crippen LogP contribution < -0.4 is 5.32 Å². The first kappa shape index (κ1) is 10.2. The maximum atomic E-state index is 11.1. The second-order valence-corrected chi connectivity index (χ2v) is 5.20. The fourth-order valence-electron chi connectivity index (χ4n) is 1.62. The van der Waals surface area contributed by atoms with Gasteiger partial charge in [-0.25, -0.2) is 8.42 Å². The molecule has 2 aliphatic heterocycles. The van der Waals surface area contributed by atoms with E-state index in [9.17, 15) is 8.42 Å². The van der Waals surface area contributed by atoms with Gasteiger partial charge in [0.25, 0.3) is 0 Å². The van der Waals surface area contributed by atoms with Gasteiger partial charge < -0.3 is 10.1 Å². The topological polar surface area (TPSA) is 55.4 Å². The van der Waals surface area contributed by atoms with E-state index in [0.717, 1.165) is 6.54 Å². The van der Waals surface area contributed by atoms with E-state index in [4.69, 9.17) is 4.74 Å². The predicted molar refractivity (Wildman–Crippen MR) is 47.4 cm³/mol. The van der Waals surface area contributed by atoms with Crippen LogP contribution >= 0.6 is 12.4 Å². The van der Waals surface area contributed by atoms with Gasteiger partial charge in [0.2, 0.25) is 0 Å². The Bertz CT molecular complexity index is 234. The Morgan fingerprint density at radius 2 is 2.08 bits per heavy atom. The molecule has 2 saturated heterocycles. The second-order valence-electron chi connectivity index (χ2n) is 3.05. The third-order valence-corrected chi connectivity index (χ3v) is 3.84. The normalized spacial score (nSPS) is 38.3. The molecule has 0 amide bonds. The van der Waals surface area contributed by atoms with Crippen molar-refractivity contribution in [2.75, 3.05) is 24.7 Å². The van der Waals surface area contributed by atoms with Gasteiger partial charge in [0.1, 0.15) is 0 Å². The first-order chi connectivity index (χ1) is 5.17. The lowest BCUT2D eigenvalue weighted by atomic mass is 10.2. The molecule has 12 heavy (non-hydrogen) atoms. The Morgan fingerprint density at radius 1 is 1.33 bits per heavy atom. The Balaban J connectivity index is 0.000000720. The molecule has 0 bridgehead atoms. The van der Waals surface area contributed by atoms with E-state index in [1.54, 1.807) is 0 Å². The maximum Gasteiger partial charge on any atom is 0.154 e. The lowest BCUT2D eigenvalue weighted by Gasteiger charge is -2.25. The number of hydrogen-bond donors (Lipinski definition) is 1. The second kappa shape index (κ2) is 3.49. The third kappa shape index (κ3) is 1.90. The Labute approximate surface area is 78.0 Å². The molecule has 0 aliphatic carbocycles. The van der Waals surface area contributed by atoms with Crippen LogP contribution in [0.4, 0.5) is 0 Å². The number of hydrogen-bond acceptors (Lipinski definition) is 4. The van der Waals surface area contributed by atoms with Crippen LogP contribution in [0.2, 0.25) is 0 Å². The zero-order valence-electron chi connectivity index (χ0n) is 6.52. The van der Waals surface area contributed by atoms with Crippen molar-refractivity contribution in [3.8, 4) is 0 Å². The van der Waals surface area contributed by atoms with Gasteiger partial charge in [-0.2, -0.15) is 0 Å². The zero-order chi connectivity index (χ0) is 7.90. The van der Waals surface area contributed by atoms with Gasteiger partial charge >= 0.3 is 0 Å². The predicted octanol–water partition coefficient (Wildman–Crippen LogP) is -0.806. The minimum Gasteiger partial charge on any atom is -0.374 e. The fourth-order valence-corrected chi connectivity index (χ4v) is 3.47. The highest BCUT2D eigenvalue weighted by atomic mass is 35.5. The first-order valence-electron chi connectivity index (χ1n) is 3.73. The van der Waals surface area contributed by atoms with Gasteiger partial charge in [0.15, 0.2) is 9.84 Å². The number of rotatable bonds is 0. The number of sulfone groups is 1. The molecule has 2 fully saturated rings. The average molecular weight is 214 g/mol. The smallest absolute Gasteiger partial charge is 0.154 e. The quantitative estimate of drug-likeness (QED) is 0.572. The minimum atomic E-state index is -2.82. The summed E-state index contributed by atoms with van der Waals surface area (Å²) in [6.45, 7) is 1.41. The third-order valence-electron chi connectivity index (χ3n) is 2.14. The highest BCUT2D eigenvalue weighted by Gasteiger charge is 2.39. The average Bonchev–Trinajstić information content (AvgIpc) is 2.21. The molecule has 0 saturated carbocycles. The monoisotopic (exact) mass is 213 g/mol. The first-order valence-corrected chi connectivity index (χ1v) is 5.55. The highest BCUT2D eigenvalue weighted by molar-refractivity contribution is 7.91. The molecule has 2 aliphatic rings. The number of morpholine rings is 1. The van der Waals surface area contributed by atoms with Gasteiger partial charge in [-0.05, 0) is 0 Å². The van der Waals surface area contributed by atoms with E-state index in [0.29, 0.717) is 6.61 Å². The summed E-state index contributed by atoms with van der Waals surface area (Å²) in [7, 11) is -2.82. The van der Waals surface area contributed by atoms with Gasteiger partial charge in [0.05, 0.1) is 24.2 Å². The van der Waals surface area contributed by atoms with Crippen molar-refractivity contribution in [3.63, 3.8) is 0 Å². The Morgan fingerprint density at radius 3 is 2.75 bits per heavy atom. The van der Waals surface area contributed by atoms with Crippen molar-refractivity contribution < 1.29 is 13.2 Å². The SMILES string of the molecule is Cl.O=S1(=O)C[C@@H]2NCCO[C@H]2C1. The summed E-state index contributed by atoms with van der Waals surface area (Å²) in [5.41, 5.74) is 0. The molecule has 0 aromatic carbocycles. The lowest BCUT2D eigenvalue weighted by molar-refractivity contribution is 0.0224. The Kier molecular flexibility index (Phi) is 2.98. The van der Waals surface area contributed by atoms with Crippen LogP contribution in [0.15, 0.2) is 0 Å². The molecule has 1 N–H and O–H groups in total. The molecular weight excluding hydrogens is 202 g/mol. The summed E-state index contributed by atoms with van der Waals surface area (Å²) in [6.07, 6.45) is -0.0891. The van der Waals surface area contributed by atoms with Crippen LogP contribution in [-0.4, -0.2) is 45.2 Å². The summed E-state index contributed by atoms with van der Waals surface area (Å²) in [4.78, 5) is 0. The van der Waals surface area contributed by atoms with Crippen LogP contribution in [0.5, 0.6) is 0 Å². The van der Waals surface area contributed by atoms with E-state index < -0.39 is 9.84 Å². The maximum absolute atomic E-state index is 11.1. The molecule has 72 valence electrons. The lowest BCUT2D eigenvalue weighted by Crippen LogP contribution is -2.47.